The minimum Gasteiger partial charge on any atom is -0.321 e. The highest BCUT2D eigenvalue weighted by molar-refractivity contribution is 7.17. The van der Waals surface area contributed by atoms with Crippen molar-refractivity contribution in [2.24, 2.45) is 0 Å². The number of nitrogens with zero attached hydrogens (tertiary/aromatic N) is 1. The highest BCUT2D eigenvalue weighted by Gasteiger charge is 2.17. The molecule has 0 spiro atoms. The Bertz CT molecular complexity index is 984. The van der Waals surface area contributed by atoms with Gasteiger partial charge in [-0.3, -0.25) is 10.1 Å². The summed E-state index contributed by atoms with van der Waals surface area (Å²) in [5, 5.41) is 8.28. The number of halogens is 1. The maximum atomic E-state index is 12.9. The molecule has 0 aliphatic rings. The fourth-order valence-corrected chi connectivity index (χ4v) is 3.32. The first-order valence-corrected chi connectivity index (χ1v) is 9.47. The van der Waals surface area contributed by atoms with Gasteiger partial charge in [0.1, 0.15) is 10.7 Å². The van der Waals surface area contributed by atoms with Gasteiger partial charge in [-0.25, -0.2) is 14.2 Å². The molecular formula is C20H19FN4O2S. The van der Waals surface area contributed by atoms with E-state index in [2.05, 4.69) is 27.9 Å². The van der Waals surface area contributed by atoms with E-state index in [4.69, 9.17) is 0 Å². The van der Waals surface area contributed by atoms with E-state index < -0.39 is 6.03 Å². The summed E-state index contributed by atoms with van der Waals surface area (Å²) in [5.74, 6) is -0.673. The van der Waals surface area contributed by atoms with Crippen LogP contribution >= 0.6 is 11.3 Å². The molecule has 3 amide bonds. The van der Waals surface area contributed by atoms with E-state index >= 15 is 0 Å². The molecule has 1 heterocycles. The molecule has 0 aliphatic carbocycles. The van der Waals surface area contributed by atoms with E-state index in [0.717, 1.165) is 17.8 Å². The number of thiazole rings is 1. The molecule has 0 saturated carbocycles. The number of carbonyl (C=O) groups is 2. The maximum Gasteiger partial charge on any atom is 0.325 e. The van der Waals surface area contributed by atoms with Crippen LogP contribution in [-0.4, -0.2) is 16.9 Å². The molecule has 0 bridgehead atoms. The van der Waals surface area contributed by atoms with Crippen LogP contribution in [0.25, 0.3) is 0 Å². The van der Waals surface area contributed by atoms with Crippen LogP contribution in [0.2, 0.25) is 0 Å². The molecule has 28 heavy (non-hydrogen) atoms. The van der Waals surface area contributed by atoms with E-state index in [1.807, 2.05) is 24.3 Å². The Hall–Kier alpha value is -3.26. The molecule has 0 fully saturated rings. The van der Waals surface area contributed by atoms with Gasteiger partial charge in [-0.1, -0.05) is 30.4 Å². The molecule has 0 saturated heterocycles. The number of benzene rings is 2. The van der Waals surface area contributed by atoms with Gasteiger partial charge in [0.15, 0.2) is 5.13 Å². The number of aromatic nitrogens is 1. The number of urea groups is 1. The van der Waals surface area contributed by atoms with Crippen LogP contribution in [0.3, 0.4) is 0 Å². The fourth-order valence-electron chi connectivity index (χ4n) is 2.46. The molecule has 3 aromatic rings. The first kappa shape index (κ1) is 19.5. The second-order valence-corrected chi connectivity index (χ2v) is 7.02. The van der Waals surface area contributed by atoms with Crippen LogP contribution in [0.4, 0.5) is 25.7 Å². The largest absolute Gasteiger partial charge is 0.325 e. The molecule has 0 atom stereocenters. The van der Waals surface area contributed by atoms with Crippen molar-refractivity contribution in [1.29, 1.82) is 0 Å². The fraction of sp³-hybridized carbons (Fsp3) is 0.150. The van der Waals surface area contributed by atoms with Gasteiger partial charge >= 0.3 is 6.03 Å². The maximum absolute atomic E-state index is 12.9. The van der Waals surface area contributed by atoms with E-state index in [1.54, 1.807) is 6.92 Å². The number of hydrogen-bond donors (Lipinski definition) is 3. The molecule has 3 N–H and O–H groups in total. The number of amides is 3. The smallest absolute Gasteiger partial charge is 0.321 e. The van der Waals surface area contributed by atoms with E-state index in [0.29, 0.717) is 27.1 Å². The number of aryl methyl sites for hydroxylation is 2. The van der Waals surface area contributed by atoms with Gasteiger partial charge in [-0.15, -0.1) is 0 Å². The second-order valence-electron chi connectivity index (χ2n) is 6.02. The molecule has 144 valence electrons. The van der Waals surface area contributed by atoms with E-state index in [9.17, 15) is 14.0 Å². The zero-order valence-electron chi connectivity index (χ0n) is 15.4. The summed E-state index contributed by atoms with van der Waals surface area (Å²) in [6.45, 7) is 3.77. The minimum atomic E-state index is -0.525. The number of nitrogens with one attached hydrogen (secondary N) is 3. The van der Waals surface area contributed by atoms with Crippen LogP contribution in [0.5, 0.6) is 0 Å². The standard InChI is InChI=1S/C20H19FN4O2S/c1-3-13-4-8-15(9-5-13)23-18(26)17-12(2)22-20(28-17)25-19(27)24-16-10-6-14(21)7-11-16/h4-11H,3H2,1-2H3,(H,23,26)(H2,22,24,25,27). The molecule has 2 aromatic carbocycles. The first-order chi connectivity index (χ1) is 13.4. The Kier molecular flexibility index (Phi) is 6.00. The predicted molar refractivity (Wildman–Crippen MR) is 110 cm³/mol. The van der Waals surface area contributed by atoms with Gasteiger partial charge in [0.2, 0.25) is 0 Å². The zero-order valence-corrected chi connectivity index (χ0v) is 16.2. The van der Waals surface area contributed by atoms with Gasteiger partial charge in [0.05, 0.1) is 5.69 Å². The molecular weight excluding hydrogens is 379 g/mol. The molecule has 0 radical (unpaired) electrons. The average molecular weight is 398 g/mol. The number of carbonyl (C=O) groups excluding carboxylic acids is 2. The molecule has 3 rings (SSSR count). The highest BCUT2D eigenvalue weighted by atomic mass is 32.1. The molecule has 1 aromatic heterocycles. The summed E-state index contributed by atoms with van der Waals surface area (Å²) >= 11 is 1.08. The highest BCUT2D eigenvalue weighted by Crippen LogP contribution is 2.24. The second kappa shape index (κ2) is 8.62. The number of anilines is 3. The average Bonchev–Trinajstić information content (AvgIpc) is 3.04. The lowest BCUT2D eigenvalue weighted by Crippen LogP contribution is -2.19. The van der Waals surface area contributed by atoms with Crippen LogP contribution in [0.15, 0.2) is 48.5 Å². The summed E-state index contributed by atoms with van der Waals surface area (Å²) in [6.07, 6.45) is 0.928. The van der Waals surface area contributed by atoms with E-state index in [-0.39, 0.29) is 11.7 Å². The van der Waals surface area contributed by atoms with Crippen molar-refractivity contribution in [3.63, 3.8) is 0 Å². The Morgan fingerprint density at radius 1 is 0.964 bits per heavy atom. The van der Waals surface area contributed by atoms with Crippen molar-refractivity contribution >= 4 is 39.8 Å². The molecule has 0 unspecified atom stereocenters. The monoisotopic (exact) mass is 398 g/mol. The third-order valence-corrected chi connectivity index (χ3v) is 5.02. The number of rotatable bonds is 5. The Labute approximate surface area is 165 Å². The quantitative estimate of drug-likeness (QED) is 0.562. The van der Waals surface area contributed by atoms with Gasteiger partial charge in [0, 0.05) is 11.4 Å². The van der Waals surface area contributed by atoms with Crippen molar-refractivity contribution < 1.29 is 14.0 Å². The van der Waals surface area contributed by atoms with Crippen LogP contribution < -0.4 is 16.0 Å². The zero-order chi connectivity index (χ0) is 20.1. The minimum absolute atomic E-state index is 0.286. The molecule has 0 aliphatic heterocycles. The number of hydrogen-bond acceptors (Lipinski definition) is 4. The Morgan fingerprint density at radius 2 is 1.57 bits per heavy atom. The lowest BCUT2D eigenvalue weighted by Gasteiger charge is -2.05. The topological polar surface area (TPSA) is 83.1 Å². The Morgan fingerprint density at radius 3 is 2.21 bits per heavy atom. The van der Waals surface area contributed by atoms with Gasteiger partial charge in [-0.2, -0.15) is 0 Å². The molecule has 6 nitrogen and oxygen atoms in total. The van der Waals surface area contributed by atoms with Crippen molar-refractivity contribution in [3.8, 4) is 0 Å². The Balaban J connectivity index is 1.63. The normalized spacial score (nSPS) is 10.4. The van der Waals surface area contributed by atoms with Crippen LogP contribution in [0.1, 0.15) is 27.9 Å². The molecule has 8 heteroatoms. The van der Waals surface area contributed by atoms with Crippen LogP contribution in [0, 0.1) is 12.7 Å². The van der Waals surface area contributed by atoms with Crippen molar-refractivity contribution in [2.45, 2.75) is 20.3 Å². The summed E-state index contributed by atoms with van der Waals surface area (Å²) < 4.78 is 12.9. The van der Waals surface area contributed by atoms with Gasteiger partial charge in [-0.05, 0) is 55.3 Å². The SMILES string of the molecule is CCc1ccc(NC(=O)c2sc(NC(=O)Nc3ccc(F)cc3)nc2C)cc1. The lowest BCUT2D eigenvalue weighted by atomic mass is 10.1. The summed E-state index contributed by atoms with van der Waals surface area (Å²) in [5.41, 5.74) is 2.84. The summed E-state index contributed by atoms with van der Waals surface area (Å²) in [4.78, 5) is 29.2. The van der Waals surface area contributed by atoms with Crippen molar-refractivity contribution in [2.75, 3.05) is 16.0 Å². The first-order valence-electron chi connectivity index (χ1n) is 8.66. The van der Waals surface area contributed by atoms with Crippen molar-refractivity contribution in [3.05, 3.63) is 70.5 Å². The van der Waals surface area contributed by atoms with Gasteiger partial charge < -0.3 is 10.6 Å². The summed E-state index contributed by atoms with van der Waals surface area (Å²) in [7, 11) is 0. The summed E-state index contributed by atoms with van der Waals surface area (Å²) in [6, 6.07) is 12.5. The van der Waals surface area contributed by atoms with Gasteiger partial charge in [0.25, 0.3) is 5.91 Å². The third kappa shape index (κ3) is 4.92. The van der Waals surface area contributed by atoms with Crippen molar-refractivity contribution in [1.82, 2.24) is 4.98 Å². The van der Waals surface area contributed by atoms with Crippen LogP contribution in [-0.2, 0) is 6.42 Å². The third-order valence-electron chi connectivity index (χ3n) is 3.95. The predicted octanol–water partition coefficient (Wildman–Crippen LogP) is 5.05. The van der Waals surface area contributed by atoms with E-state index in [1.165, 1.54) is 29.8 Å². The lowest BCUT2D eigenvalue weighted by molar-refractivity contribution is 0.103.